The molecule has 1 aliphatic carbocycles. The van der Waals surface area contributed by atoms with E-state index < -0.39 is 0 Å². The first kappa shape index (κ1) is 14.0. The van der Waals surface area contributed by atoms with Crippen molar-refractivity contribution < 1.29 is 0 Å². The van der Waals surface area contributed by atoms with Gasteiger partial charge in [0.2, 0.25) is 0 Å². The third-order valence-electron chi connectivity index (χ3n) is 3.58. The number of nitrogens with zero attached hydrogens (tertiary/aromatic N) is 1. The third-order valence-corrected chi connectivity index (χ3v) is 3.58. The highest BCUT2D eigenvalue weighted by Gasteiger charge is 2.21. The van der Waals surface area contributed by atoms with E-state index in [0.717, 1.165) is 0 Å². The fourth-order valence-corrected chi connectivity index (χ4v) is 2.55. The molecular formula is C14H19ClN2. The lowest BCUT2D eigenvalue weighted by atomic mass is 9.81. The van der Waals surface area contributed by atoms with Crippen LogP contribution in [0.5, 0.6) is 0 Å². The number of rotatable bonds is 2. The molecule has 1 fully saturated rings. The highest BCUT2D eigenvalue weighted by atomic mass is 35.5. The normalized spacial score (nSPS) is 17.9. The van der Waals surface area contributed by atoms with Gasteiger partial charge >= 0.3 is 0 Å². The first-order valence-corrected chi connectivity index (χ1v) is 6.07. The highest BCUT2D eigenvalue weighted by molar-refractivity contribution is 5.85. The fourth-order valence-electron chi connectivity index (χ4n) is 2.55. The summed E-state index contributed by atoms with van der Waals surface area (Å²) in [6, 6.07) is 9.99. The zero-order chi connectivity index (χ0) is 11.4. The summed E-state index contributed by atoms with van der Waals surface area (Å²) in [6.45, 7) is 0. The molecule has 1 aromatic rings. The summed E-state index contributed by atoms with van der Waals surface area (Å²) in [5, 5.41) is 8.73. The standard InChI is InChI=1S/C14H18N2.ClH/c15-10-11-6-8-13(9-7-11)14(16)12-4-2-1-3-5-12;/h6-9,12,14H,1-5,16H2;1H/t14-;/m1./s1. The van der Waals surface area contributed by atoms with Crippen LogP contribution in [0.4, 0.5) is 0 Å². The van der Waals surface area contributed by atoms with Crippen LogP contribution in [0.1, 0.15) is 49.3 Å². The minimum absolute atomic E-state index is 0. The molecule has 0 bridgehead atoms. The van der Waals surface area contributed by atoms with Crippen molar-refractivity contribution in [2.24, 2.45) is 11.7 Å². The van der Waals surface area contributed by atoms with Crippen molar-refractivity contribution in [1.82, 2.24) is 0 Å². The molecule has 92 valence electrons. The van der Waals surface area contributed by atoms with E-state index in [1.165, 1.54) is 37.7 Å². The van der Waals surface area contributed by atoms with Crippen LogP contribution in [0, 0.1) is 17.2 Å². The molecule has 1 saturated carbocycles. The van der Waals surface area contributed by atoms with Gasteiger partial charge in [-0.25, -0.2) is 0 Å². The smallest absolute Gasteiger partial charge is 0.0991 e. The molecule has 2 nitrogen and oxygen atoms in total. The topological polar surface area (TPSA) is 49.8 Å². The molecule has 0 unspecified atom stereocenters. The molecule has 0 heterocycles. The Morgan fingerprint density at radius 3 is 2.24 bits per heavy atom. The molecule has 3 heteroatoms. The van der Waals surface area contributed by atoms with Crippen molar-refractivity contribution in [3.8, 4) is 6.07 Å². The van der Waals surface area contributed by atoms with Crippen molar-refractivity contribution in [2.45, 2.75) is 38.1 Å². The van der Waals surface area contributed by atoms with Crippen molar-refractivity contribution in [2.75, 3.05) is 0 Å². The molecule has 17 heavy (non-hydrogen) atoms. The Bertz CT molecular complexity index is 374. The molecule has 0 spiro atoms. The summed E-state index contributed by atoms with van der Waals surface area (Å²) < 4.78 is 0. The van der Waals surface area contributed by atoms with Crippen LogP contribution in [-0.4, -0.2) is 0 Å². The molecule has 1 atom stereocenters. The lowest BCUT2D eigenvalue weighted by Crippen LogP contribution is -2.23. The number of nitrogens with two attached hydrogens (primary N) is 1. The minimum atomic E-state index is 0. The summed E-state index contributed by atoms with van der Waals surface area (Å²) in [4.78, 5) is 0. The summed E-state index contributed by atoms with van der Waals surface area (Å²) in [6.07, 6.45) is 6.49. The molecule has 1 aromatic carbocycles. The van der Waals surface area contributed by atoms with Crippen LogP contribution in [0.25, 0.3) is 0 Å². The lowest BCUT2D eigenvalue weighted by Gasteiger charge is -2.27. The van der Waals surface area contributed by atoms with Gasteiger partial charge in [0.25, 0.3) is 0 Å². The minimum Gasteiger partial charge on any atom is -0.324 e. The van der Waals surface area contributed by atoms with Gasteiger partial charge in [-0.15, -0.1) is 12.4 Å². The molecule has 2 N–H and O–H groups in total. The number of nitriles is 1. The lowest BCUT2D eigenvalue weighted by molar-refractivity contribution is 0.308. The Kier molecular flexibility index (Phi) is 5.47. The molecular weight excluding hydrogens is 232 g/mol. The van der Waals surface area contributed by atoms with Gasteiger partial charge in [0, 0.05) is 6.04 Å². The second-order valence-corrected chi connectivity index (χ2v) is 4.66. The van der Waals surface area contributed by atoms with Crippen LogP contribution in [0.2, 0.25) is 0 Å². The van der Waals surface area contributed by atoms with Crippen molar-refractivity contribution in [3.63, 3.8) is 0 Å². The monoisotopic (exact) mass is 250 g/mol. The van der Waals surface area contributed by atoms with E-state index >= 15 is 0 Å². The van der Waals surface area contributed by atoms with Gasteiger partial charge in [0.15, 0.2) is 0 Å². The quantitative estimate of drug-likeness (QED) is 0.873. The van der Waals surface area contributed by atoms with Gasteiger partial charge in [0.1, 0.15) is 0 Å². The second-order valence-electron chi connectivity index (χ2n) is 4.66. The Morgan fingerprint density at radius 1 is 1.12 bits per heavy atom. The molecule has 0 aromatic heterocycles. The fraction of sp³-hybridized carbons (Fsp3) is 0.500. The van der Waals surface area contributed by atoms with Gasteiger partial charge < -0.3 is 5.73 Å². The predicted molar refractivity (Wildman–Crippen MR) is 71.9 cm³/mol. The van der Waals surface area contributed by atoms with Gasteiger partial charge in [0.05, 0.1) is 11.6 Å². The number of benzene rings is 1. The van der Waals surface area contributed by atoms with E-state index in [9.17, 15) is 0 Å². The Morgan fingerprint density at radius 2 is 1.71 bits per heavy atom. The maximum Gasteiger partial charge on any atom is 0.0991 e. The van der Waals surface area contributed by atoms with E-state index in [0.29, 0.717) is 11.5 Å². The Labute approximate surface area is 109 Å². The van der Waals surface area contributed by atoms with Crippen molar-refractivity contribution in [3.05, 3.63) is 35.4 Å². The van der Waals surface area contributed by atoms with E-state index in [4.69, 9.17) is 11.0 Å². The van der Waals surface area contributed by atoms with Crippen molar-refractivity contribution in [1.29, 1.82) is 5.26 Å². The van der Waals surface area contributed by atoms with Crippen LogP contribution < -0.4 is 5.73 Å². The Balaban J connectivity index is 0.00000144. The van der Waals surface area contributed by atoms with Crippen LogP contribution in [0.15, 0.2) is 24.3 Å². The predicted octanol–water partition coefficient (Wildman–Crippen LogP) is 3.56. The number of hydrogen-bond donors (Lipinski definition) is 1. The maximum atomic E-state index is 8.73. The maximum absolute atomic E-state index is 8.73. The number of hydrogen-bond acceptors (Lipinski definition) is 2. The van der Waals surface area contributed by atoms with Crippen molar-refractivity contribution >= 4 is 12.4 Å². The zero-order valence-corrected chi connectivity index (χ0v) is 10.7. The van der Waals surface area contributed by atoms with Crippen LogP contribution in [-0.2, 0) is 0 Å². The number of halogens is 1. The van der Waals surface area contributed by atoms with E-state index in [1.807, 2.05) is 24.3 Å². The molecule has 0 saturated heterocycles. The van der Waals surface area contributed by atoms with E-state index in [2.05, 4.69) is 6.07 Å². The second kappa shape index (κ2) is 6.64. The van der Waals surface area contributed by atoms with E-state index in [1.54, 1.807) is 0 Å². The average molecular weight is 251 g/mol. The summed E-state index contributed by atoms with van der Waals surface area (Å²) in [7, 11) is 0. The summed E-state index contributed by atoms with van der Waals surface area (Å²) in [5.74, 6) is 0.627. The Hall–Kier alpha value is -1.04. The largest absolute Gasteiger partial charge is 0.324 e. The SMILES string of the molecule is Cl.N#Cc1ccc([C@H](N)C2CCCCC2)cc1. The molecule has 0 radical (unpaired) electrons. The third kappa shape index (κ3) is 3.46. The van der Waals surface area contributed by atoms with Crippen LogP contribution >= 0.6 is 12.4 Å². The summed E-state index contributed by atoms with van der Waals surface area (Å²) >= 11 is 0. The van der Waals surface area contributed by atoms with Gasteiger partial charge in [-0.2, -0.15) is 5.26 Å². The first-order valence-electron chi connectivity index (χ1n) is 6.07. The molecule has 2 rings (SSSR count). The molecule has 1 aliphatic rings. The van der Waals surface area contributed by atoms with Gasteiger partial charge in [-0.3, -0.25) is 0 Å². The van der Waals surface area contributed by atoms with E-state index in [-0.39, 0.29) is 18.4 Å². The zero-order valence-electron chi connectivity index (χ0n) is 9.93. The molecule has 0 amide bonds. The van der Waals surface area contributed by atoms with Gasteiger partial charge in [-0.1, -0.05) is 31.4 Å². The average Bonchev–Trinajstić information content (AvgIpc) is 2.39. The summed E-state index contributed by atoms with van der Waals surface area (Å²) in [5.41, 5.74) is 8.16. The van der Waals surface area contributed by atoms with Crippen LogP contribution in [0.3, 0.4) is 0 Å². The van der Waals surface area contributed by atoms with Gasteiger partial charge in [-0.05, 0) is 36.5 Å². The molecule has 0 aliphatic heterocycles. The first-order chi connectivity index (χ1) is 7.81. The highest BCUT2D eigenvalue weighted by Crippen LogP contribution is 2.32.